The first-order chi connectivity index (χ1) is 9.76. The molecule has 1 rings (SSSR count). The SMILES string of the molecule is CC(N[S+]([O-])C(C)(C)C)c1cccc(C(F)(F)C(C)(C)O)c1. The van der Waals surface area contributed by atoms with Gasteiger partial charge in [-0.2, -0.15) is 8.78 Å². The predicted octanol–water partition coefficient (Wildman–Crippen LogP) is 3.66. The zero-order chi connectivity index (χ0) is 17.3. The molecule has 0 aromatic heterocycles. The van der Waals surface area contributed by atoms with Crippen molar-refractivity contribution in [2.24, 2.45) is 0 Å². The van der Waals surface area contributed by atoms with Crippen LogP contribution in [0.2, 0.25) is 0 Å². The van der Waals surface area contributed by atoms with Gasteiger partial charge in [-0.3, -0.25) is 0 Å². The van der Waals surface area contributed by atoms with E-state index in [1.165, 1.54) is 18.2 Å². The molecule has 0 aliphatic rings. The van der Waals surface area contributed by atoms with Crippen LogP contribution in [0.3, 0.4) is 0 Å². The van der Waals surface area contributed by atoms with Gasteiger partial charge in [0.2, 0.25) is 0 Å². The van der Waals surface area contributed by atoms with Gasteiger partial charge in [-0.15, -0.1) is 4.72 Å². The van der Waals surface area contributed by atoms with Crippen LogP contribution in [0.15, 0.2) is 24.3 Å². The first-order valence-corrected chi connectivity index (χ1v) is 8.30. The summed E-state index contributed by atoms with van der Waals surface area (Å²) in [4.78, 5) is 0. The fourth-order valence-electron chi connectivity index (χ4n) is 1.76. The molecule has 0 fully saturated rings. The molecule has 22 heavy (non-hydrogen) atoms. The Kier molecular flexibility index (Phi) is 5.66. The molecule has 0 radical (unpaired) electrons. The van der Waals surface area contributed by atoms with Crippen LogP contribution in [0, 0.1) is 0 Å². The number of hydrogen-bond donors (Lipinski definition) is 2. The second-order valence-electron chi connectivity index (χ2n) is 6.98. The highest BCUT2D eigenvalue weighted by Crippen LogP contribution is 2.39. The third-order valence-corrected chi connectivity index (χ3v) is 5.04. The molecule has 2 unspecified atom stereocenters. The van der Waals surface area contributed by atoms with Crippen LogP contribution >= 0.6 is 0 Å². The molecule has 0 amide bonds. The smallest absolute Gasteiger partial charge is 0.300 e. The molecule has 0 aliphatic carbocycles. The summed E-state index contributed by atoms with van der Waals surface area (Å²) in [6.45, 7) is 9.43. The molecule has 2 atom stereocenters. The van der Waals surface area contributed by atoms with Crippen LogP contribution in [0.5, 0.6) is 0 Å². The Morgan fingerprint density at radius 2 is 1.73 bits per heavy atom. The standard InChI is InChI=1S/C16H25F2NO2S/c1-11(19-22(21)14(2,3)4)12-8-7-9-13(10-12)16(17,18)15(5,6)20/h7-11,19-20H,1-6H3. The van der Waals surface area contributed by atoms with E-state index in [1.807, 2.05) is 20.8 Å². The molecule has 1 aromatic carbocycles. The van der Waals surface area contributed by atoms with Crippen molar-refractivity contribution in [2.45, 2.75) is 63.9 Å². The Morgan fingerprint density at radius 1 is 1.18 bits per heavy atom. The highest BCUT2D eigenvalue weighted by atomic mass is 32.2. The normalized spacial score (nSPS) is 16.5. The van der Waals surface area contributed by atoms with Gasteiger partial charge in [0.1, 0.15) is 10.3 Å². The maximum Gasteiger partial charge on any atom is 0.300 e. The van der Waals surface area contributed by atoms with Crippen molar-refractivity contribution in [1.29, 1.82) is 0 Å². The summed E-state index contributed by atoms with van der Waals surface area (Å²) in [5.41, 5.74) is -1.82. The Labute approximate surface area is 134 Å². The molecule has 0 saturated heterocycles. The molecular formula is C16H25F2NO2S. The van der Waals surface area contributed by atoms with Gasteiger partial charge in [0.25, 0.3) is 0 Å². The zero-order valence-electron chi connectivity index (χ0n) is 13.9. The fraction of sp³-hybridized carbons (Fsp3) is 0.625. The second kappa shape index (κ2) is 6.43. The van der Waals surface area contributed by atoms with Crippen LogP contribution < -0.4 is 4.72 Å². The van der Waals surface area contributed by atoms with E-state index in [-0.39, 0.29) is 11.6 Å². The third kappa shape index (κ3) is 4.41. The molecule has 1 aromatic rings. The van der Waals surface area contributed by atoms with E-state index in [2.05, 4.69) is 4.72 Å². The van der Waals surface area contributed by atoms with Gasteiger partial charge >= 0.3 is 5.92 Å². The minimum Gasteiger partial charge on any atom is -0.598 e. The van der Waals surface area contributed by atoms with E-state index in [4.69, 9.17) is 0 Å². The lowest BCUT2D eigenvalue weighted by atomic mass is 9.91. The number of alkyl halides is 2. The summed E-state index contributed by atoms with van der Waals surface area (Å²) in [7, 11) is 0. The molecule has 6 heteroatoms. The van der Waals surface area contributed by atoms with Gasteiger partial charge in [0.05, 0.1) is 6.04 Å². The van der Waals surface area contributed by atoms with Crippen molar-refractivity contribution in [3.63, 3.8) is 0 Å². The van der Waals surface area contributed by atoms with Crippen molar-refractivity contribution >= 4 is 11.4 Å². The van der Waals surface area contributed by atoms with E-state index >= 15 is 0 Å². The third-order valence-electron chi connectivity index (χ3n) is 3.36. The summed E-state index contributed by atoms with van der Waals surface area (Å²) in [5, 5.41) is 9.67. The summed E-state index contributed by atoms with van der Waals surface area (Å²) in [6.07, 6.45) is 0. The molecule has 3 nitrogen and oxygen atoms in total. The summed E-state index contributed by atoms with van der Waals surface area (Å²) in [6, 6.07) is 5.49. The lowest BCUT2D eigenvalue weighted by molar-refractivity contribution is -0.168. The van der Waals surface area contributed by atoms with Crippen molar-refractivity contribution in [3.8, 4) is 0 Å². The maximum absolute atomic E-state index is 14.2. The minimum absolute atomic E-state index is 0.257. The highest BCUT2D eigenvalue weighted by molar-refractivity contribution is 7.90. The average Bonchev–Trinajstić information content (AvgIpc) is 2.36. The average molecular weight is 333 g/mol. The zero-order valence-corrected chi connectivity index (χ0v) is 14.7. The van der Waals surface area contributed by atoms with Crippen LogP contribution in [0.4, 0.5) is 8.78 Å². The van der Waals surface area contributed by atoms with Gasteiger partial charge in [0.15, 0.2) is 0 Å². The number of halogens is 2. The van der Waals surface area contributed by atoms with E-state index in [0.717, 1.165) is 13.8 Å². The summed E-state index contributed by atoms with van der Waals surface area (Å²) in [5.74, 6) is -3.37. The molecule has 0 aliphatic heterocycles. The Balaban J connectivity index is 3.02. The predicted molar refractivity (Wildman–Crippen MR) is 86.1 cm³/mol. The monoisotopic (exact) mass is 333 g/mol. The quantitative estimate of drug-likeness (QED) is 0.809. The van der Waals surface area contributed by atoms with Crippen LogP contribution in [-0.4, -0.2) is 20.0 Å². The van der Waals surface area contributed by atoms with Crippen molar-refractivity contribution < 1.29 is 18.4 Å². The van der Waals surface area contributed by atoms with Crippen LogP contribution in [-0.2, 0) is 17.3 Å². The minimum atomic E-state index is -3.37. The number of rotatable bonds is 5. The molecule has 126 valence electrons. The van der Waals surface area contributed by atoms with Gasteiger partial charge in [0, 0.05) is 16.9 Å². The summed E-state index contributed by atoms with van der Waals surface area (Å²) < 4.78 is 43.0. The van der Waals surface area contributed by atoms with Gasteiger partial charge in [-0.25, -0.2) is 0 Å². The second-order valence-corrected chi connectivity index (χ2v) is 8.98. The molecular weight excluding hydrogens is 308 g/mol. The Hall–Kier alpha value is -0.690. The number of benzene rings is 1. The van der Waals surface area contributed by atoms with Gasteiger partial charge in [-0.1, -0.05) is 18.2 Å². The van der Waals surface area contributed by atoms with Crippen LogP contribution in [0.1, 0.15) is 58.7 Å². The van der Waals surface area contributed by atoms with Crippen molar-refractivity contribution in [2.75, 3.05) is 0 Å². The Morgan fingerprint density at radius 3 is 2.18 bits per heavy atom. The largest absolute Gasteiger partial charge is 0.598 e. The lowest BCUT2D eigenvalue weighted by Crippen LogP contribution is -2.41. The molecule has 0 spiro atoms. The highest BCUT2D eigenvalue weighted by Gasteiger charge is 2.47. The van der Waals surface area contributed by atoms with E-state index < -0.39 is 27.6 Å². The Bertz CT molecular complexity index is 510. The van der Waals surface area contributed by atoms with Gasteiger partial charge < -0.3 is 9.66 Å². The maximum atomic E-state index is 14.2. The van der Waals surface area contributed by atoms with E-state index in [1.54, 1.807) is 13.0 Å². The van der Waals surface area contributed by atoms with Crippen molar-refractivity contribution in [1.82, 2.24) is 4.72 Å². The number of aliphatic hydroxyl groups is 1. The fourth-order valence-corrected chi connectivity index (χ4v) is 2.57. The summed E-state index contributed by atoms with van der Waals surface area (Å²) >= 11 is -1.30. The molecule has 0 heterocycles. The van der Waals surface area contributed by atoms with Crippen molar-refractivity contribution in [3.05, 3.63) is 35.4 Å². The van der Waals surface area contributed by atoms with Gasteiger partial charge in [-0.05, 0) is 53.2 Å². The lowest BCUT2D eigenvalue weighted by Gasteiger charge is -2.30. The number of hydrogen-bond acceptors (Lipinski definition) is 3. The van der Waals surface area contributed by atoms with E-state index in [9.17, 15) is 18.4 Å². The molecule has 0 bridgehead atoms. The van der Waals surface area contributed by atoms with Crippen LogP contribution in [0.25, 0.3) is 0 Å². The topological polar surface area (TPSA) is 55.3 Å². The first-order valence-electron chi connectivity index (χ1n) is 7.15. The molecule has 0 saturated carbocycles. The first kappa shape index (κ1) is 19.4. The molecule has 2 N–H and O–H groups in total. The number of nitrogens with one attached hydrogen (secondary N) is 1. The van der Waals surface area contributed by atoms with E-state index in [0.29, 0.717) is 5.56 Å².